The Balaban J connectivity index is 2.60. The van der Waals surface area contributed by atoms with Gasteiger partial charge < -0.3 is 10.1 Å². The molecule has 0 radical (unpaired) electrons. The molecule has 0 unspecified atom stereocenters. The van der Waals surface area contributed by atoms with Gasteiger partial charge >= 0.3 is 0 Å². The van der Waals surface area contributed by atoms with Crippen molar-refractivity contribution in [3.05, 3.63) is 23.8 Å². The first-order chi connectivity index (χ1) is 6.77. The van der Waals surface area contributed by atoms with Crippen molar-refractivity contribution in [3.8, 4) is 5.75 Å². The number of rotatable bonds is 5. The molecule has 0 spiro atoms. The Morgan fingerprint density at radius 2 is 2.14 bits per heavy atom. The summed E-state index contributed by atoms with van der Waals surface area (Å²) in [5, 5.41) is 3.37. The molecular formula is C12H19NO. The van der Waals surface area contributed by atoms with Gasteiger partial charge in [-0.05, 0) is 25.0 Å². The van der Waals surface area contributed by atoms with E-state index in [1.54, 1.807) is 7.11 Å². The van der Waals surface area contributed by atoms with Crippen LogP contribution in [0.5, 0.6) is 5.75 Å². The number of anilines is 1. The molecule has 0 bridgehead atoms. The smallest absolute Gasteiger partial charge is 0.123 e. The fourth-order valence-corrected chi connectivity index (χ4v) is 1.34. The molecule has 1 N–H and O–H groups in total. The van der Waals surface area contributed by atoms with E-state index in [9.17, 15) is 0 Å². The Morgan fingerprint density at radius 1 is 1.36 bits per heavy atom. The van der Waals surface area contributed by atoms with E-state index < -0.39 is 0 Å². The number of unbranched alkanes of at least 4 members (excludes halogenated alkanes) is 1. The molecule has 0 aliphatic carbocycles. The molecule has 14 heavy (non-hydrogen) atoms. The summed E-state index contributed by atoms with van der Waals surface area (Å²) in [5.74, 6) is 0.950. The average molecular weight is 193 g/mol. The molecule has 1 aromatic rings. The molecule has 0 fully saturated rings. The number of methoxy groups -OCH3 is 1. The molecule has 0 heterocycles. The number of nitrogens with one attached hydrogen (secondary N) is 1. The lowest BCUT2D eigenvalue weighted by atomic mass is 10.2. The first kappa shape index (κ1) is 10.9. The molecule has 0 amide bonds. The predicted molar refractivity (Wildman–Crippen MR) is 61.1 cm³/mol. The van der Waals surface area contributed by atoms with Gasteiger partial charge in [-0.3, -0.25) is 0 Å². The zero-order valence-electron chi connectivity index (χ0n) is 9.26. The number of aryl methyl sites for hydroxylation is 1. The Morgan fingerprint density at radius 3 is 2.79 bits per heavy atom. The lowest BCUT2D eigenvalue weighted by Crippen LogP contribution is -2.01. The Bertz CT molecular complexity index is 284. The van der Waals surface area contributed by atoms with Crippen molar-refractivity contribution in [2.75, 3.05) is 19.0 Å². The average Bonchev–Trinajstić information content (AvgIpc) is 2.21. The molecule has 2 heteroatoms. The van der Waals surface area contributed by atoms with E-state index in [-0.39, 0.29) is 0 Å². The SMILES string of the molecule is CCCCNc1ccc(C)c(OC)c1. The van der Waals surface area contributed by atoms with Crippen LogP contribution in [-0.4, -0.2) is 13.7 Å². The second-order valence-corrected chi connectivity index (χ2v) is 3.46. The summed E-state index contributed by atoms with van der Waals surface area (Å²) in [6.45, 7) is 5.27. The molecule has 1 rings (SSSR count). The first-order valence-corrected chi connectivity index (χ1v) is 5.16. The summed E-state index contributed by atoms with van der Waals surface area (Å²) >= 11 is 0. The summed E-state index contributed by atoms with van der Waals surface area (Å²) in [6, 6.07) is 6.21. The minimum absolute atomic E-state index is 0.950. The number of ether oxygens (including phenoxy) is 1. The minimum Gasteiger partial charge on any atom is -0.496 e. The maximum Gasteiger partial charge on any atom is 0.123 e. The van der Waals surface area contributed by atoms with Crippen molar-refractivity contribution >= 4 is 5.69 Å². The van der Waals surface area contributed by atoms with Crippen LogP contribution in [0.2, 0.25) is 0 Å². The highest BCUT2D eigenvalue weighted by Crippen LogP contribution is 2.21. The molecule has 78 valence electrons. The van der Waals surface area contributed by atoms with Crippen LogP contribution in [0, 0.1) is 6.92 Å². The van der Waals surface area contributed by atoms with Gasteiger partial charge in [-0.15, -0.1) is 0 Å². The molecule has 0 aromatic heterocycles. The maximum absolute atomic E-state index is 5.25. The third kappa shape index (κ3) is 2.95. The quantitative estimate of drug-likeness (QED) is 0.725. The lowest BCUT2D eigenvalue weighted by Gasteiger charge is -2.09. The highest BCUT2D eigenvalue weighted by Gasteiger charge is 1.98. The van der Waals surface area contributed by atoms with Crippen LogP contribution >= 0.6 is 0 Å². The van der Waals surface area contributed by atoms with Gasteiger partial charge in [0.05, 0.1) is 7.11 Å². The Hall–Kier alpha value is -1.18. The van der Waals surface area contributed by atoms with Crippen molar-refractivity contribution in [2.24, 2.45) is 0 Å². The van der Waals surface area contributed by atoms with Gasteiger partial charge in [0, 0.05) is 18.3 Å². The van der Waals surface area contributed by atoms with Crippen molar-refractivity contribution in [3.63, 3.8) is 0 Å². The van der Waals surface area contributed by atoms with E-state index >= 15 is 0 Å². The van der Waals surface area contributed by atoms with E-state index in [2.05, 4.69) is 31.3 Å². The molecule has 0 aliphatic heterocycles. The van der Waals surface area contributed by atoms with Gasteiger partial charge in [0.1, 0.15) is 5.75 Å². The minimum atomic E-state index is 0.950. The van der Waals surface area contributed by atoms with Crippen molar-refractivity contribution in [1.82, 2.24) is 0 Å². The van der Waals surface area contributed by atoms with Crippen molar-refractivity contribution in [2.45, 2.75) is 26.7 Å². The van der Waals surface area contributed by atoms with Gasteiger partial charge in [-0.25, -0.2) is 0 Å². The number of hydrogen-bond acceptors (Lipinski definition) is 2. The van der Waals surface area contributed by atoms with Crippen LogP contribution < -0.4 is 10.1 Å². The monoisotopic (exact) mass is 193 g/mol. The second-order valence-electron chi connectivity index (χ2n) is 3.46. The standard InChI is InChI=1S/C12H19NO/c1-4-5-8-13-11-7-6-10(2)12(9-11)14-3/h6-7,9,13H,4-5,8H2,1-3H3. The van der Waals surface area contributed by atoms with E-state index in [0.29, 0.717) is 0 Å². The van der Waals surface area contributed by atoms with Gasteiger partial charge in [0.15, 0.2) is 0 Å². The topological polar surface area (TPSA) is 21.3 Å². The van der Waals surface area contributed by atoms with Crippen LogP contribution in [0.15, 0.2) is 18.2 Å². The largest absolute Gasteiger partial charge is 0.496 e. The summed E-state index contributed by atoms with van der Waals surface area (Å²) in [4.78, 5) is 0. The molecule has 1 aromatic carbocycles. The molecule has 0 saturated heterocycles. The van der Waals surface area contributed by atoms with Crippen molar-refractivity contribution in [1.29, 1.82) is 0 Å². The van der Waals surface area contributed by atoms with Gasteiger partial charge in [-0.2, -0.15) is 0 Å². The van der Waals surface area contributed by atoms with Crippen LogP contribution in [0.4, 0.5) is 5.69 Å². The third-order valence-corrected chi connectivity index (χ3v) is 2.27. The lowest BCUT2D eigenvalue weighted by molar-refractivity contribution is 0.412. The molecular weight excluding hydrogens is 174 g/mol. The van der Waals surface area contributed by atoms with Crippen molar-refractivity contribution < 1.29 is 4.74 Å². The van der Waals surface area contributed by atoms with Crippen LogP contribution in [0.25, 0.3) is 0 Å². The highest BCUT2D eigenvalue weighted by atomic mass is 16.5. The van der Waals surface area contributed by atoms with Gasteiger partial charge in [-0.1, -0.05) is 19.4 Å². The van der Waals surface area contributed by atoms with Crippen LogP contribution in [0.3, 0.4) is 0 Å². The molecule has 0 aliphatic rings. The van der Waals surface area contributed by atoms with E-state index in [0.717, 1.165) is 18.0 Å². The number of benzene rings is 1. The summed E-state index contributed by atoms with van der Waals surface area (Å²) in [6.07, 6.45) is 2.42. The van der Waals surface area contributed by atoms with Gasteiger partial charge in [0.25, 0.3) is 0 Å². The third-order valence-electron chi connectivity index (χ3n) is 2.27. The maximum atomic E-state index is 5.25. The normalized spacial score (nSPS) is 9.93. The van der Waals surface area contributed by atoms with Gasteiger partial charge in [0.2, 0.25) is 0 Å². The zero-order chi connectivity index (χ0) is 10.4. The molecule has 0 saturated carbocycles. The van der Waals surface area contributed by atoms with E-state index in [1.807, 2.05) is 6.07 Å². The summed E-state index contributed by atoms with van der Waals surface area (Å²) < 4.78 is 5.25. The van der Waals surface area contributed by atoms with E-state index in [1.165, 1.54) is 18.4 Å². The first-order valence-electron chi connectivity index (χ1n) is 5.16. The summed E-state index contributed by atoms with van der Waals surface area (Å²) in [5.41, 5.74) is 2.31. The fraction of sp³-hybridized carbons (Fsp3) is 0.500. The fourth-order valence-electron chi connectivity index (χ4n) is 1.34. The highest BCUT2D eigenvalue weighted by molar-refractivity contribution is 5.51. The zero-order valence-corrected chi connectivity index (χ0v) is 9.26. The molecule has 2 nitrogen and oxygen atoms in total. The van der Waals surface area contributed by atoms with E-state index in [4.69, 9.17) is 4.74 Å². The second kappa shape index (κ2) is 5.53. The summed E-state index contributed by atoms with van der Waals surface area (Å²) in [7, 11) is 1.71. The molecule has 0 atom stereocenters. The van der Waals surface area contributed by atoms with Crippen LogP contribution in [0.1, 0.15) is 25.3 Å². The predicted octanol–water partition coefficient (Wildman–Crippen LogP) is 3.22. The number of hydrogen-bond donors (Lipinski definition) is 1. The Labute approximate surface area is 86.3 Å². The Kier molecular flexibility index (Phi) is 4.30. The van der Waals surface area contributed by atoms with Crippen LogP contribution in [-0.2, 0) is 0 Å².